The van der Waals surface area contributed by atoms with Crippen molar-refractivity contribution < 1.29 is 14.4 Å². The first-order valence-corrected chi connectivity index (χ1v) is 12.9. The van der Waals surface area contributed by atoms with E-state index < -0.39 is 11.8 Å². The molecule has 190 valence electrons. The molecule has 4 aromatic rings. The van der Waals surface area contributed by atoms with Crippen molar-refractivity contribution in [2.24, 2.45) is 0 Å². The van der Waals surface area contributed by atoms with Gasteiger partial charge < -0.3 is 16.0 Å². The molecule has 0 bridgehead atoms. The van der Waals surface area contributed by atoms with E-state index in [2.05, 4.69) is 20.9 Å². The second-order valence-electron chi connectivity index (χ2n) is 7.97. The van der Waals surface area contributed by atoms with Crippen LogP contribution in [0.1, 0.15) is 15.9 Å². The maximum atomic E-state index is 13.2. The molecular formula is C29H23ClN4O3S. The third-order valence-electron chi connectivity index (χ3n) is 5.08. The zero-order valence-corrected chi connectivity index (χ0v) is 21.6. The van der Waals surface area contributed by atoms with Crippen LogP contribution in [-0.4, -0.2) is 28.5 Å². The second kappa shape index (κ2) is 13.2. The van der Waals surface area contributed by atoms with Gasteiger partial charge in [-0.2, -0.15) is 0 Å². The van der Waals surface area contributed by atoms with Crippen LogP contribution in [0.2, 0.25) is 5.02 Å². The van der Waals surface area contributed by atoms with Gasteiger partial charge in [0.2, 0.25) is 5.91 Å². The fourth-order valence-corrected chi connectivity index (χ4v) is 4.29. The van der Waals surface area contributed by atoms with E-state index in [0.29, 0.717) is 27.7 Å². The summed E-state index contributed by atoms with van der Waals surface area (Å²) >= 11 is 7.42. The van der Waals surface area contributed by atoms with Crippen LogP contribution in [-0.2, 0) is 9.59 Å². The fourth-order valence-electron chi connectivity index (χ4n) is 3.33. The number of thioether (sulfide) groups is 1. The maximum absolute atomic E-state index is 13.2. The predicted molar refractivity (Wildman–Crippen MR) is 152 cm³/mol. The summed E-state index contributed by atoms with van der Waals surface area (Å²) in [7, 11) is 0. The lowest BCUT2D eigenvalue weighted by Crippen LogP contribution is -2.30. The molecule has 0 atom stereocenters. The lowest BCUT2D eigenvalue weighted by molar-refractivity contribution is -0.114. The minimum atomic E-state index is -0.510. The number of amides is 3. The van der Waals surface area contributed by atoms with E-state index in [0.717, 1.165) is 4.90 Å². The molecule has 3 amide bonds. The van der Waals surface area contributed by atoms with Crippen molar-refractivity contribution in [2.75, 3.05) is 16.4 Å². The van der Waals surface area contributed by atoms with E-state index in [9.17, 15) is 14.4 Å². The summed E-state index contributed by atoms with van der Waals surface area (Å²) in [6.45, 7) is 0. The van der Waals surface area contributed by atoms with Crippen molar-refractivity contribution in [1.82, 2.24) is 10.3 Å². The number of aromatic nitrogens is 1. The van der Waals surface area contributed by atoms with Gasteiger partial charge in [-0.15, -0.1) is 11.8 Å². The largest absolute Gasteiger partial charge is 0.321 e. The van der Waals surface area contributed by atoms with Gasteiger partial charge in [0.15, 0.2) is 0 Å². The summed E-state index contributed by atoms with van der Waals surface area (Å²) in [4.78, 5) is 43.2. The van der Waals surface area contributed by atoms with Gasteiger partial charge in [0.25, 0.3) is 11.8 Å². The quantitative estimate of drug-likeness (QED) is 0.181. The molecule has 0 aliphatic heterocycles. The Bertz CT molecular complexity index is 1460. The molecule has 0 saturated carbocycles. The van der Waals surface area contributed by atoms with Crippen molar-refractivity contribution in [1.29, 1.82) is 0 Å². The Balaban J connectivity index is 1.46. The van der Waals surface area contributed by atoms with Crippen molar-refractivity contribution in [3.8, 4) is 0 Å². The number of pyridine rings is 1. The van der Waals surface area contributed by atoms with Gasteiger partial charge in [-0.25, -0.2) is 4.98 Å². The van der Waals surface area contributed by atoms with Gasteiger partial charge in [0.1, 0.15) is 11.5 Å². The molecule has 3 aromatic carbocycles. The van der Waals surface area contributed by atoms with E-state index in [4.69, 9.17) is 11.6 Å². The third kappa shape index (κ3) is 8.06. The average Bonchev–Trinajstić information content (AvgIpc) is 2.93. The normalized spacial score (nSPS) is 10.9. The molecule has 38 heavy (non-hydrogen) atoms. The maximum Gasteiger partial charge on any atom is 0.272 e. The predicted octanol–water partition coefficient (Wildman–Crippen LogP) is 5.88. The van der Waals surface area contributed by atoms with Crippen LogP contribution in [0, 0.1) is 0 Å². The first-order chi connectivity index (χ1) is 18.5. The zero-order valence-electron chi connectivity index (χ0n) is 20.1. The number of anilines is 2. The lowest BCUT2D eigenvalue weighted by Gasteiger charge is -2.12. The summed E-state index contributed by atoms with van der Waals surface area (Å²) < 4.78 is 0. The lowest BCUT2D eigenvalue weighted by atomic mass is 10.1. The smallest absolute Gasteiger partial charge is 0.272 e. The Hall–Kier alpha value is -4.40. The molecule has 4 rings (SSSR count). The van der Waals surface area contributed by atoms with Crippen molar-refractivity contribution in [3.05, 3.63) is 125 Å². The van der Waals surface area contributed by atoms with Crippen LogP contribution >= 0.6 is 23.4 Å². The molecule has 0 aliphatic carbocycles. The van der Waals surface area contributed by atoms with Crippen molar-refractivity contribution >= 4 is 58.7 Å². The van der Waals surface area contributed by atoms with E-state index in [1.807, 2.05) is 6.07 Å². The molecule has 3 N–H and O–H groups in total. The van der Waals surface area contributed by atoms with Crippen molar-refractivity contribution in [2.45, 2.75) is 4.90 Å². The molecule has 1 aromatic heterocycles. The van der Waals surface area contributed by atoms with Crippen LogP contribution in [0.25, 0.3) is 6.08 Å². The van der Waals surface area contributed by atoms with Gasteiger partial charge >= 0.3 is 0 Å². The Morgan fingerprint density at radius 1 is 0.842 bits per heavy atom. The van der Waals surface area contributed by atoms with E-state index in [1.165, 1.54) is 11.8 Å². The third-order valence-corrected chi connectivity index (χ3v) is 6.31. The Morgan fingerprint density at radius 2 is 1.63 bits per heavy atom. The molecule has 0 spiro atoms. The Labute approximate surface area is 229 Å². The van der Waals surface area contributed by atoms with Gasteiger partial charge in [-0.05, 0) is 66.2 Å². The number of hydrogen-bond acceptors (Lipinski definition) is 5. The van der Waals surface area contributed by atoms with Crippen LogP contribution in [0.5, 0.6) is 0 Å². The highest BCUT2D eigenvalue weighted by Crippen LogP contribution is 2.22. The highest BCUT2D eigenvalue weighted by atomic mass is 35.5. The molecule has 0 fully saturated rings. The number of hydrogen-bond donors (Lipinski definition) is 3. The topological polar surface area (TPSA) is 100 Å². The minimum absolute atomic E-state index is 0.0499. The SMILES string of the molecule is O=C(CSc1cccc(NC(=O)/C(=C/c2cccc(Cl)c2)NC(=O)c2ccccc2)c1)Nc1ccccn1. The Kier molecular flexibility index (Phi) is 9.28. The second-order valence-corrected chi connectivity index (χ2v) is 9.45. The number of rotatable bonds is 9. The molecular weight excluding hydrogens is 520 g/mol. The highest BCUT2D eigenvalue weighted by Gasteiger charge is 2.15. The molecule has 7 nitrogen and oxygen atoms in total. The molecule has 0 radical (unpaired) electrons. The van der Waals surface area contributed by atoms with Crippen LogP contribution in [0.3, 0.4) is 0 Å². The molecule has 0 aliphatic rings. The summed E-state index contributed by atoms with van der Waals surface area (Å²) in [5, 5.41) is 8.76. The molecule has 1 heterocycles. The first-order valence-electron chi connectivity index (χ1n) is 11.5. The Morgan fingerprint density at radius 3 is 2.39 bits per heavy atom. The average molecular weight is 543 g/mol. The monoisotopic (exact) mass is 542 g/mol. The molecule has 0 unspecified atom stereocenters. The number of benzene rings is 3. The van der Waals surface area contributed by atoms with Gasteiger partial charge in [-0.3, -0.25) is 14.4 Å². The van der Waals surface area contributed by atoms with Crippen LogP contribution < -0.4 is 16.0 Å². The van der Waals surface area contributed by atoms with Gasteiger partial charge in [-0.1, -0.05) is 54.1 Å². The summed E-state index contributed by atoms with van der Waals surface area (Å²) in [6, 6.07) is 27.9. The number of halogens is 1. The first kappa shape index (κ1) is 26.7. The molecule has 9 heteroatoms. The van der Waals surface area contributed by atoms with Crippen LogP contribution in [0.4, 0.5) is 11.5 Å². The van der Waals surface area contributed by atoms with E-state index >= 15 is 0 Å². The summed E-state index contributed by atoms with van der Waals surface area (Å²) in [5.41, 5.74) is 1.63. The standard InChI is InChI=1S/C29H23ClN4O3S/c30-22-11-6-8-20(16-22)17-25(33-28(36)21-9-2-1-3-10-21)29(37)32-23-12-7-13-24(18-23)38-19-27(35)34-26-14-4-5-15-31-26/h1-18H,19H2,(H,32,37)(H,33,36)(H,31,34,35)/b25-17-. The zero-order chi connectivity index (χ0) is 26.7. The number of nitrogens with zero attached hydrogens (tertiary/aromatic N) is 1. The van der Waals surface area contributed by atoms with Crippen LogP contribution in [0.15, 0.2) is 114 Å². The van der Waals surface area contributed by atoms with E-state index in [-0.39, 0.29) is 17.4 Å². The summed E-state index contributed by atoms with van der Waals surface area (Å²) in [6.07, 6.45) is 3.16. The number of carbonyl (C=O) groups is 3. The van der Waals surface area contributed by atoms with Crippen molar-refractivity contribution in [3.63, 3.8) is 0 Å². The minimum Gasteiger partial charge on any atom is -0.321 e. The van der Waals surface area contributed by atoms with E-state index in [1.54, 1.807) is 103 Å². The van der Waals surface area contributed by atoms with Gasteiger partial charge in [0.05, 0.1) is 5.75 Å². The molecule has 0 saturated heterocycles. The number of nitrogens with one attached hydrogen (secondary N) is 3. The highest BCUT2D eigenvalue weighted by molar-refractivity contribution is 8.00. The fraction of sp³-hybridized carbons (Fsp3) is 0.0345. The summed E-state index contributed by atoms with van der Waals surface area (Å²) in [5.74, 6) is -0.475. The number of carbonyl (C=O) groups excluding carboxylic acids is 3. The van der Waals surface area contributed by atoms with Gasteiger partial charge in [0, 0.05) is 27.4 Å².